The minimum absolute atomic E-state index is 0. The van der Waals surface area contributed by atoms with Gasteiger partial charge in [0.25, 0.3) is 5.91 Å². The van der Waals surface area contributed by atoms with Crippen LogP contribution in [0.1, 0.15) is 39.9 Å². The van der Waals surface area contributed by atoms with Crippen molar-refractivity contribution in [3.63, 3.8) is 0 Å². The van der Waals surface area contributed by atoms with Gasteiger partial charge in [-0.05, 0) is 48.9 Å². The molecule has 0 aliphatic carbocycles. The van der Waals surface area contributed by atoms with E-state index in [4.69, 9.17) is 5.73 Å². The van der Waals surface area contributed by atoms with E-state index >= 15 is 0 Å². The van der Waals surface area contributed by atoms with E-state index in [-0.39, 0.29) is 71.1 Å². The maximum atomic E-state index is 12.2. The van der Waals surface area contributed by atoms with Crippen LogP contribution in [0.3, 0.4) is 0 Å². The number of hydrogen-bond donors (Lipinski definition) is 4. The number of nitrogens with two attached hydrogens (primary N) is 1. The largest absolute Gasteiger partial charge is 1.00 e. The molecule has 2 aromatic rings. The van der Waals surface area contributed by atoms with Gasteiger partial charge in [0.2, 0.25) is 0 Å². The van der Waals surface area contributed by atoms with Gasteiger partial charge in [0.15, 0.2) is 5.96 Å². The topological polar surface area (TPSA) is 176 Å². The molecule has 10 nitrogen and oxygen atoms in total. The second kappa shape index (κ2) is 13.0. The molecule has 12 heteroatoms. The standard InChI is InChI=1S/C20H23N5O5.2Na/c21-20-23-10-14-13(9-22-17(14)25-20)6-3-11-1-4-12(5-2-11)18(28)24-15(19(29)30)7-8-16(26)27;;/h1-2,4-5,9,15,22H,3,6-8,10H2,(H,24,28)(H,26,27)(H,29,30)(H3,21,23,25);;/q;2*+1/p-2/t15-;;/m0../s1. The third-order valence-corrected chi connectivity index (χ3v) is 4.87. The number of guanidine groups is 1. The number of H-pyrrole nitrogens is 1. The zero-order valence-corrected chi connectivity index (χ0v) is 22.1. The Morgan fingerprint density at radius 3 is 2.44 bits per heavy atom. The third kappa shape index (κ3) is 7.65. The van der Waals surface area contributed by atoms with Crippen LogP contribution in [0.4, 0.5) is 5.82 Å². The summed E-state index contributed by atoms with van der Waals surface area (Å²) in [7, 11) is 0. The Morgan fingerprint density at radius 1 is 1.12 bits per heavy atom. The summed E-state index contributed by atoms with van der Waals surface area (Å²) in [6.45, 7) is 0.518. The van der Waals surface area contributed by atoms with E-state index in [1.165, 1.54) is 0 Å². The molecule has 0 saturated heterocycles. The number of aliphatic imine (C=N–C) groups is 1. The summed E-state index contributed by atoms with van der Waals surface area (Å²) in [5, 5.41) is 26.9. The summed E-state index contributed by atoms with van der Waals surface area (Å²) < 4.78 is 0. The molecule has 1 atom stereocenters. The molecule has 1 aliphatic heterocycles. The first-order valence-electron chi connectivity index (χ1n) is 9.40. The van der Waals surface area contributed by atoms with Crippen LogP contribution in [0.25, 0.3) is 0 Å². The van der Waals surface area contributed by atoms with Gasteiger partial charge in [0.1, 0.15) is 5.82 Å². The van der Waals surface area contributed by atoms with E-state index < -0.39 is 30.3 Å². The van der Waals surface area contributed by atoms with Crippen LogP contribution >= 0.6 is 0 Å². The quantitative estimate of drug-likeness (QED) is 0.270. The van der Waals surface area contributed by atoms with Crippen molar-refractivity contribution in [1.82, 2.24) is 10.3 Å². The van der Waals surface area contributed by atoms with Crippen LogP contribution in [0.15, 0.2) is 35.5 Å². The Labute approximate surface area is 229 Å². The second-order valence-electron chi connectivity index (χ2n) is 6.95. The number of aliphatic carboxylic acids is 2. The number of carbonyl (C=O) groups is 3. The maximum Gasteiger partial charge on any atom is 1.00 e. The fourth-order valence-electron chi connectivity index (χ4n) is 3.20. The molecule has 32 heavy (non-hydrogen) atoms. The summed E-state index contributed by atoms with van der Waals surface area (Å²) in [6, 6.07) is 5.36. The molecule has 0 radical (unpaired) electrons. The van der Waals surface area contributed by atoms with Gasteiger partial charge in [-0.15, -0.1) is 0 Å². The van der Waals surface area contributed by atoms with E-state index in [1.54, 1.807) is 24.3 Å². The molecule has 0 fully saturated rings. The van der Waals surface area contributed by atoms with E-state index in [0.717, 1.165) is 35.3 Å². The number of aryl methyl sites for hydroxylation is 2. The Bertz CT molecular complexity index is 991. The molecule has 0 unspecified atom stereocenters. The van der Waals surface area contributed by atoms with Crippen molar-refractivity contribution in [2.45, 2.75) is 38.3 Å². The van der Waals surface area contributed by atoms with Gasteiger partial charge in [-0.2, -0.15) is 0 Å². The van der Waals surface area contributed by atoms with Crippen molar-refractivity contribution in [3.05, 3.63) is 52.7 Å². The van der Waals surface area contributed by atoms with Crippen LogP contribution in [0.2, 0.25) is 0 Å². The number of rotatable bonds is 9. The molecule has 1 amide bonds. The Kier molecular flexibility index (Phi) is 11.5. The van der Waals surface area contributed by atoms with Crippen molar-refractivity contribution < 1.29 is 83.7 Å². The van der Waals surface area contributed by atoms with Crippen LogP contribution in [0, 0.1) is 0 Å². The SMILES string of the molecule is NC1=NCc2c(CCc3ccc(C(=O)N[C@@H](CCC(=O)[O-])C(=O)[O-])cc3)c[nH]c2N1.[Na+].[Na+]. The monoisotopic (exact) mass is 457 g/mol. The number of aromatic nitrogens is 1. The van der Waals surface area contributed by atoms with Crippen molar-refractivity contribution >= 4 is 29.6 Å². The van der Waals surface area contributed by atoms with Crippen molar-refractivity contribution in [3.8, 4) is 0 Å². The van der Waals surface area contributed by atoms with Gasteiger partial charge in [-0.25, -0.2) is 4.99 Å². The normalized spacial score (nSPS) is 12.7. The number of nitrogens with zero attached hydrogens (tertiary/aromatic N) is 1. The Hall–Kier alpha value is -1.82. The molecule has 1 aliphatic rings. The summed E-state index contributed by atoms with van der Waals surface area (Å²) in [6.07, 6.45) is 2.62. The number of carbonyl (C=O) groups excluding carboxylic acids is 3. The molecule has 1 aromatic heterocycles. The molecule has 5 N–H and O–H groups in total. The van der Waals surface area contributed by atoms with Gasteiger partial charge >= 0.3 is 59.1 Å². The molecular weight excluding hydrogens is 436 g/mol. The maximum absolute atomic E-state index is 12.2. The number of amides is 1. The van der Waals surface area contributed by atoms with Crippen molar-refractivity contribution in [2.75, 3.05) is 5.32 Å². The molecular formula is C20H21N5Na2O5. The number of fused-ring (bicyclic) bond motifs is 1. The first-order chi connectivity index (χ1) is 14.3. The Balaban J connectivity index is 0.00000256. The van der Waals surface area contributed by atoms with Gasteiger partial charge < -0.3 is 41.2 Å². The third-order valence-electron chi connectivity index (χ3n) is 4.87. The number of carboxylic acids is 2. The van der Waals surface area contributed by atoms with Crippen LogP contribution in [-0.4, -0.2) is 34.8 Å². The fraction of sp³-hybridized carbons (Fsp3) is 0.300. The molecule has 158 valence electrons. The number of hydrogen-bond acceptors (Lipinski definition) is 8. The van der Waals surface area contributed by atoms with Gasteiger partial charge in [-0.1, -0.05) is 12.1 Å². The molecule has 0 saturated carbocycles. The van der Waals surface area contributed by atoms with Crippen LogP contribution in [-0.2, 0) is 29.0 Å². The molecule has 0 spiro atoms. The summed E-state index contributed by atoms with van der Waals surface area (Å²) >= 11 is 0. The molecule has 0 bridgehead atoms. The van der Waals surface area contributed by atoms with Gasteiger partial charge in [-0.3, -0.25) is 4.79 Å². The van der Waals surface area contributed by atoms with E-state index in [2.05, 4.69) is 20.6 Å². The van der Waals surface area contributed by atoms with E-state index in [0.29, 0.717) is 12.5 Å². The summed E-state index contributed by atoms with van der Waals surface area (Å²) in [5.41, 5.74) is 9.13. The summed E-state index contributed by atoms with van der Waals surface area (Å²) in [5.74, 6) is -2.32. The van der Waals surface area contributed by atoms with Crippen molar-refractivity contribution in [2.24, 2.45) is 10.7 Å². The minimum Gasteiger partial charge on any atom is -0.550 e. The predicted octanol–water partition coefficient (Wildman–Crippen LogP) is -7.57. The number of benzene rings is 1. The number of nitrogens with one attached hydrogen (secondary N) is 3. The smallest absolute Gasteiger partial charge is 0.550 e. The zero-order chi connectivity index (χ0) is 21.7. The number of carboxylic acid groups (broad SMARTS) is 2. The first-order valence-corrected chi connectivity index (χ1v) is 9.40. The van der Waals surface area contributed by atoms with E-state index in [9.17, 15) is 24.6 Å². The number of anilines is 1. The predicted molar refractivity (Wildman–Crippen MR) is 104 cm³/mol. The van der Waals surface area contributed by atoms with Crippen molar-refractivity contribution in [1.29, 1.82) is 0 Å². The second-order valence-corrected chi connectivity index (χ2v) is 6.95. The van der Waals surface area contributed by atoms with Gasteiger partial charge in [0, 0.05) is 23.3 Å². The van der Waals surface area contributed by atoms with Gasteiger partial charge in [0.05, 0.1) is 18.6 Å². The molecule has 3 rings (SSSR count). The molecule has 2 heterocycles. The first kappa shape index (κ1) is 28.2. The fourth-order valence-corrected chi connectivity index (χ4v) is 3.20. The Morgan fingerprint density at radius 2 is 1.81 bits per heavy atom. The minimum atomic E-state index is -1.54. The van der Waals surface area contributed by atoms with E-state index in [1.807, 2.05) is 6.20 Å². The van der Waals surface area contributed by atoms with Crippen LogP contribution in [0.5, 0.6) is 0 Å². The number of aromatic amines is 1. The average Bonchev–Trinajstić information content (AvgIpc) is 3.11. The molecule has 1 aromatic carbocycles. The van der Waals surface area contributed by atoms with Crippen LogP contribution < -0.4 is 85.7 Å². The summed E-state index contributed by atoms with van der Waals surface area (Å²) in [4.78, 5) is 41.2. The zero-order valence-electron chi connectivity index (χ0n) is 18.1. The average molecular weight is 457 g/mol.